The summed E-state index contributed by atoms with van der Waals surface area (Å²) in [5.41, 5.74) is 0. The van der Waals surface area contributed by atoms with E-state index in [1.807, 2.05) is 0 Å². The maximum Gasteiger partial charge on any atom is 0.466 e. The molecule has 0 spiro atoms. The summed E-state index contributed by atoms with van der Waals surface area (Å²) in [6.45, 7) is 0. The number of phosphoric acid groups is 1. The van der Waals surface area contributed by atoms with E-state index in [0.717, 1.165) is 0 Å². The van der Waals surface area contributed by atoms with E-state index >= 15 is 0 Å². The van der Waals surface area contributed by atoms with Crippen molar-refractivity contribution >= 4 is 7.82 Å². The van der Waals surface area contributed by atoms with E-state index in [2.05, 4.69) is 0 Å². The highest BCUT2D eigenvalue weighted by Crippen LogP contribution is 2.25. The van der Waals surface area contributed by atoms with E-state index in [9.17, 15) is 0 Å². The summed E-state index contributed by atoms with van der Waals surface area (Å²) in [7, 11) is -4.64. The summed E-state index contributed by atoms with van der Waals surface area (Å²) in [4.78, 5) is 21.6. The standard InChI is InChI=1S/C6H12.C4H8.2H3N.H3O4P/c1-2-4-6-5-3-1;1-2-4-3-1;;;1-5(2,3)4/h1-6H2;1-4H2;2*1H3;(H3,1,2,3,4). The largest absolute Gasteiger partial charge is 0.466 e. The van der Waals surface area contributed by atoms with Crippen molar-refractivity contribution in [3.63, 3.8) is 0 Å². The van der Waals surface area contributed by atoms with Crippen LogP contribution in [-0.4, -0.2) is 14.7 Å². The summed E-state index contributed by atoms with van der Waals surface area (Å²) < 4.78 is 8.88. The predicted octanol–water partition coefficient (Wildman–Crippen LogP) is 3.30. The summed E-state index contributed by atoms with van der Waals surface area (Å²) in [5, 5.41) is 0. The predicted molar refractivity (Wildman–Crippen MR) is 70.5 cm³/mol. The Morgan fingerprint density at radius 1 is 0.529 bits per heavy atom. The molecule has 0 aromatic carbocycles. The molecular formula is C10H29N2O4P. The SMILES string of the molecule is C1CCC1.C1CCCCC1.N.N.O=P(O)(O)O. The van der Waals surface area contributed by atoms with Gasteiger partial charge in [-0.1, -0.05) is 64.2 Å². The molecule has 0 aromatic rings. The molecule has 2 rings (SSSR count). The molecular weight excluding hydrogens is 243 g/mol. The van der Waals surface area contributed by atoms with E-state index in [1.165, 1.54) is 64.2 Å². The van der Waals surface area contributed by atoms with Crippen LogP contribution in [0.3, 0.4) is 0 Å². The monoisotopic (exact) mass is 272 g/mol. The quantitative estimate of drug-likeness (QED) is 0.427. The zero-order valence-corrected chi connectivity index (χ0v) is 11.6. The highest BCUT2D eigenvalue weighted by Gasteiger charge is 2.00. The third-order valence-electron chi connectivity index (χ3n) is 2.50. The first-order chi connectivity index (χ1) is 7.00. The molecule has 108 valence electrons. The van der Waals surface area contributed by atoms with Gasteiger partial charge in [-0.05, 0) is 0 Å². The first-order valence-electron chi connectivity index (χ1n) is 5.78. The van der Waals surface area contributed by atoms with Crippen molar-refractivity contribution in [3.8, 4) is 0 Å². The van der Waals surface area contributed by atoms with Gasteiger partial charge in [0, 0.05) is 0 Å². The van der Waals surface area contributed by atoms with Crippen LogP contribution < -0.4 is 12.3 Å². The number of hydrogen-bond acceptors (Lipinski definition) is 3. The molecule has 6 nitrogen and oxygen atoms in total. The molecule has 0 unspecified atom stereocenters. The third-order valence-corrected chi connectivity index (χ3v) is 2.50. The Morgan fingerprint density at radius 2 is 0.588 bits per heavy atom. The molecule has 0 amide bonds. The summed E-state index contributed by atoms with van der Waals surface area (Å²) >= 11 is 0. The van der Waals surface area contributed by atoms with Gasteiger partial charge in [0.05, 0.1) is 0 Å². The van der Waals surface area contributed by atoms with Gasteiger partial charge in [0.1, 0.15) is 0 Å². The van der Waals surface area contributed by atoms with E-state index in [1.54, 1.807) is 0 Å². The molecule has 0 atom stereocenters. The lowest BCUT2D eigenvalue weighted by Gasteiger charge is -2.05. The van der Waals surface area contributed by atoms with Gasteiger partial charge in [-0.3, -0.25) is 0 Å². The Bertz CT molecular complexity index is 155. The maximum atomic E-state index is 8.88. The molecule has 9 N–H and O–H groups in total. The minimum absolute atomic E-state index is 0. The van der Waals surface area contributed by atoms with Gasteiger partial charge in [-0.15, -0.1) is 0 Å². The highest BCUT2D eigenvalue weighted by molar-refractivity contribution is 7.45. The van der Waals surface area contributed by atoms with Gasteiger partial charge in [-0.2, -0.15) is 0 Å². The molecule has 2 saturated carbocycles. The molecule has 0 saturated heterocycles. The average molecular weight is 272 g/mol. The lowest BCUT2D eigenvalue weighted by atomic mass is 10.0. The fourth-order valence-corrected chi connectivity index (χ4v) is 1.31. The molecule has 0 aliphatic heterocycles. The highest BCUT2D eigenvalue weighted by atomic mass is 31.2. The Hall–Kier alpha value is 0.0300. The van der Waals surface area contributed by atoms with Gasteiger partial charge in [0.2, 0.25) is 0 Å². The van der Waals surface area contributed by atoms with Crippen LogP contribution in [0.25, 0.3) is 0 Å². The van der Waals surface area contributed by atoms with E-state index < -0.39 is 7.82 Å². The second-order valence-electron chi connectivity index (χ2n) is 4.05. The van der Waals surface area contributed by atoms with Crippen LogP contribution in [0, 0.1) is 0 Å². The smallest absolute Gasteiger partial charge is 0.344 e. The third kappa shape index (κ3) is 31.4. The molecule has 2 aliphatic carbocycles. The molecule has 0 aromatic heterocycles. The topological polar surface area (TPSA) is 148 Å². The van der Waals surface area contributed by atoms with Gasteiger partial charge >= 0.3 is 7.82 Å². The van der Waals surface area contributed by atoms with Crippen molar-refractivity contribution in [2.24, 2.45) is 0 Å². The van der Waals surface area contributed by atoms with Crippen LogP contribution in [0.4, 0.5) is 0 Å². The zero-order valence-electron chi connectivity index (χ0n) is 10.7. The van der Waals surface area contributed by atoms with Crippen LogP contribution >= 0.6 is 7.82 Å². The summed E-state index contributed by atoms with van der Waals surface area (Å²) in [6.07, 6.45) is 15.0. The number of rotatable bonds is 0. The molecule has 0 bridgehead atoms. The normalized spacial score (nSPS) is 17.6. The van der Waals surface area contributed by atoms with Crippen molar-refractivity contribution in [1.29, 1.82) is 0 Å². The molecule has 0 radical (unpaired) electrons. The van der Waals surface area contributed by atoms with Gasteiger partial charge < -0.3 is 27.0 Å². The Balaban J connectivity index is -0.000000166. The minimum Gasteiger partial charge on any atom is -0.344 e. The fraction of sp³-hybridized carbons (Fsp3) is 1.00. The van der Waals surface area contributed by atoms with Crippen molar-refractivity contribution in [2.45, 2.75) is 64.2 Å². The Labute approximate surface area is 104 Å². The van der Waals surface area contributed by atoms with Crippen LogP contribution in [0.5, 0.6) is 0 Å². The van der Waals surface area contributed by atoms with Crippen LogP contribution in [-0.2, 0) is 4.57 Å². The van der Waals surface area contributed by atoms with Gasteiger partial charge in [0.25, 0.3) is 0 Å². The first-order valence-corrected chi connectivity index (χ1v) is 7.35. The Morgan fingerprint density at radius 3 is 0.647 bits per heavy atom. The summed E-state index contributed by atoms with van der Waals surface area (Å²) in [5.74, 6) is 0. The zero-order chi connectivity index (χ0) is 11.6. The van der Waals surface area contributed by atoms with Crippen LogP contribution in [0.1, 0.15) is 64.2 Å². The second-order valence-corrected chi connectivity index (χ2v) is 5.08. The molecule has 0 heterocycles. The van der Waals surface area contributed by atoms with Crippen LogP contribution in [0.2, 0.25) is 0 Å². The first kappa shape index (κ1) is 22.2. The van der Waals surface area contributed by atoms with Crippen molar-refractivity contribution in [2.75, 3.05) is 0 Å². The fourth-order valence-electron chi connectivity index (χ4n) is 1.31. The van der Waals surface area contributed by atoms with E-state index in [-0.39, 0.29) is 12.3 Å². The maximum absolute atomic E-state index is 8.88. The molecule has 17 heavy (non-hydrogen) atoms. The van der Waals surface area contributed by atoms with Gasteiger partial charge in [0.15, 0.2) is 0 Å². The van der Waals surface area contributed by atoms with Crippen LogP contribution in [0.15, 0.2) is 0 Å². The lowest BCUT2D eigenvalue weighted by molar-refractivity contribution is 0.275. The van der Waals surface area contributed by atoms with E-state index in [4.69, 9.17) is 19.2 Å². The Kier molecular flexibility index (Phi) is 18.4. The molecule has 7 heteroatoms. The molecule has 2 aliphatic rings. The van der Waals surface area contributed by atoms with Crippen molar-refractivity contribution in [1.82, 2.24) is 12.3 Å². The lowest BCUT2D eigenvalue weighted by Crippen LogP contribution is -1.85. The minimum atomic E-state index is -4.64. The van der Waals surface area contributed by atoms with Gasteiger partial charge in [-0.25, -0.2) is 4.57 Å². The van der Waals surface area contributed by atoms with Crippen molar-refractivity contribution in [3.05, 3.63) is 0 Å². The number of hydrogen-bond donors (Lipinski definition) is 5. The van der Waals surface area contributed by atoms with E-state index in [0.29, 0.717) is 0 Å². The van der Waals surface area contributed by atoms with Crippen molar-refractivity contribution < 1.29 is 19.2 Å². The average Bonchev–Trinajstić information content (AvgIpc) is 2.01. The molecule has 2 fully saturated rings. The second kappa shape index (κ2) is 14.1. The summed E-state index contributed by atoms with van der Waals surface area (Å²) in [6, 6.07) is 0.